The zero-order valence-electron chi connectivity index (χ0n) is 10.7. The van der Waals surface area contributed by atoms with Gasteiger partial charge in [0.15, 0.2) is 0 Å². The zero-order chi connectivity index (χ0) is 13.4. The van der Waals surface area contributed by atoms with Crippen molar-refractivity contribution in [2.75, 3.05) is 5.73 Å². The molecule has 0 aliphatic carbocycles. The molecule has 0 saturated heterocycles. The molecule has 94 valence electrons. The van der Waals surface area contributed by atoms with Gasteiger partial charge in [0, 0.05) is 0 Å². The van der Waals surface area contributed by atoms with Gasteiger partial charge in [0.05, 0.1) is 10.7 Å². The molecule has 0 amide bonds. The molecule has 2 N–H and O–H groups in total. The molecule has 19 heavy (non-hydrogen) atoms. The molecule has 0 unspecified atom stereocenters. The fourth-order valence-corrected chi connectivity index (χ4v) is 2.63. The van der Waals surface area contributed by atoms with Crippen LogP contribution in [0.1, 0.15) is 5.56 Å². The van der Waals surface area contributed by atoms with Crippen molar-refractivity contribution in [2.45, 2.75) is 6.92 Å². The average molecular weight is 268 g/mol. The molecule has 1 nitrogen and oxygen atoms in total. The number of anilines is 1. The van der Waals surface area contributed by atoms with Crippen LogP contribution in [0.4, 0.5) is 5.69 Å². The fraction of sp³-hybridized carbons (Fsp3) is 0.0588. The van der Waals surface area contributed by atoms with Crippen molar-refractivity contribution < 1.29 is 0 Å². The molecule has 0 bridgehead atoms. The molecule has 0 aliphatic heterocycles. The maximum absolute atomic E-state index is 6.14. The van der Waals surface area contributed by atoms with Crippen LogP contribution >= 0.6 is 11.6 Å². The number of aryl methyl sites for hydroxylation is 1. The second-order valence-corrected chi connectivity index (χ2v) is 5.12. The summed E-state index contributed by atoms with van der Waals surface area (Å²) in [6.07, 6.45) is 0. The first kappa shape index (κ1) is 12.1. The van der Waals surface area contributed by atoms with Crippen LogP contribution in [-0.2, 0) is 0 Å². The molecule has 3 aromatic carbocycles. The number of rotatable bonds is 1. The lowest BCUT2D eigenvalue weighted by atomic mass is 9.94. The van der Waals surface area contributed by atoms with E-state index in [1.54, 1.807) is 0 Å². The van der Waals surface area contributed by atoms with E-state index < -0.39 is 0 Å². The van der Waals surface area contributed by atoms with Crippen molar-refractivity contribution in [1.82, 2.24) is 0 Å². The molecule has 0 spiro atoms. The highest BCUT2D eigenvalue weighted by Gasteiger charge is 2.08. The van der Waals surface area contributed by atoms with Gasteiger partial charge in [-0.3, -0.25) is 0 Å². The highest BCUT2D eigenvalue weighted by Crippen LogP contribution is 2.34. The third kappa shape index (κ3) is 2.06. The Kier molecular flexibility index (Phi) is 2.92. The average Bonchev–Trinajstić information content (AvgIpc) is 2.42. The van der Waals surface area contributed by atoms with Gasteiger partial charge in [-0.2, -0.15) is 0 Å². The minimum Gasteiger partial charge on any atom is -0.398 e. The molecule has 3 aromatic rings. The summed E-state index contributed by atoms with van der Waals surface area (Å²) in [4.78, 5) is 0. The molecule has 0 atom stereocenters. The van der Waals surface area contributed by atoms with Gasteiger partial charge < -0.3 is 5.73 Å². The maximum atomic E-state index is 6.14. The molecule has 0 aromatic heterocycles. The van der Waals surface area contributed by atoms with Crippen molar-refractivity contribution in [3.05, 3.63) is 65.2 Å². The van der Waals surface area contributed by atoms with Crippen LogP contribution in [0.5, 0.6) is 0 Å². The first-order valence-corrected chi connectivity index (χ1v) is 6.58. The summed E-state index contributed by atoms with van der Waals surface area (Å²) >= 11 is 6.14. The number of fused-ring (bicyclic) bond motifs is 1. The second-order valence-electron chi connectivity index (χ2n) is 4.71. The van der Waals surface area contributed by atoms with Crippen LogP contribution in [0, 0.1) is 6.92 Å². The molecular weight excluding hydrogens is 254 g/mol. The summed E-state index contributed by atoms with van der Waals surface area (Å²) in [5.74, 6) is 0. The summed E-state index contributed by atoms with van der Waals surface area (Å²) in [5, 5.41) is 3.07. The number of hydrogen-bond acceptors (Lipinski definition) is 1. The quantitative estimate of drug-likeness (QED) is 0.614. The van der Waals surface area contributed by atoms with E-state index in [9.17, 15) is 0 Å². The summed E-state index contributed by atoms with van der Waals surface area (Å²) in [7, 11) is 0. The van der Waals surface area contributed by atoms with Crippen LogP contribution in [0.3, 0.4) is 0 Å². The molecule has 3 rings (SSSR count). The van der Waals surface area contributed by atoms with Crippen LogP contribution in [0.15, 0.2) is 54.6 Å². The SMILES string of the molecule is Cc1ccc2ccccc2c1-c1ccc(N)c(Cl)c1. The van der Waals surface area contributed by atoms with E-state index in [0.29, 0.717) is 10.7 Å². The van der Waals surface area contributed by atoms with Crippen molar-refractivity contribution >= 4 is 28.1 Å². The van der Waals surface area contributed by atoms with E-state index >= 15 is 0 Å². The van der Waals surface area contributed by atoms with Crippen LogP contribution in [0.25, 0.3) is 21.9 Å². The molecule has 0 heterocycles. The Hall–Kier alpha value is -1.99. The molecule has 0 radical (unpaired) electrons. The van der Waals surface area contributed by atoms with Gasteiger partial charge in [-0.1, -0.05) is 54.1 Å². The molecule has 2 heteroatoms. The minimum atomic E-state index is 0.602. The van der Waals surface area contributed by atoms with Crippen LogP contribution in [-0.4, -0.2) is 0 Å². The van der Waals surface area contributed by atoms with E-state index in [0.717, 1.165) is 5.56 Å². The Labute approximate surface area is 117 Å². The van der Waals surface area contributed by atoms with E-state index in [1.807, 2.05) is 18.2 Å². The third-order valence-electron chi connectivity index (χ3n) is 3.43. The van der Waals surface area contributed by atoms with Crippen molar-refractivity contribution in [2.24, 2.45) is 0 Å². The molecular formula is C17H14ClN. The van der Waals surface area contributed by atoms with E-state index in [2.05, 4.69) is 43.3 Å². The lowest BCUT2D eigenvalue weighted by Gasteiger charge is -2.11. The Morgan fingerprint density at radius 2 is 1.74 bits per heavy atom. The summed E-state index contributed by atoms with van der Waals surface area (Å²) in [6, 6.07) is 18.5. The largest absolute Gasteiger partial charge is 0.398 e. The fourth-order valence-electron chi connectivity index (χ4n) is 2.45. The predicted octanol–water partition coefficient (Wildman–Crippen LogP) is 5.05. The first-order chi connectivity index (χ1) is 9.16. The normalized spacial score (nSPS) is 10.8. The van der Waals surface area contributed by atoms with Gasteiger partial charge in [-0.25, -0.2) is 0 Å². The number of halogens is 1. The molecule has 0 aliphatic rings. The van der Waals surface area contributed by atoms with Gasteiger partial charge in [0.25, 0.3) is 0 Å². The van der Waals surface area contributed by atoms with Gasteiger partial charge in [0.2, 0.25) is 0 Å². The van der Waals surface area contributed by atoms with Crippen molar-refractivity contribution in [1.29, 1.82) is 0 Å². The third-order valence-corrected chi connectivity index (χ3v) is 3.75. The van der Waals surface area contributed by atoms with E-state index in [-0.39, 0.29) is 0 Å². The summed E-state index contributed by atoms with van der Waals surface area (Å²) in [6.45, 7) is 2.12. The number of nitrogens with two attached hydrogens (primary N) is 1. The Morgan fingerprint density at radius 1 is 0.947 bits per heavy atom. The number of nitrogen functional groups attached to an aromatic ring is 1. The van der Waals surface area contributed by atoms with E-state index in [4.69, 9.17) is 17.3 Å². The lowest BCUT2D eigenvalue weighted by molar-refractivity contribution is 1.49. The van der Waals surface area contributed by atoms with Crippen LogP contribution < -0.4 is 5.73 Å². The topological polar surface area (TPSA) is 26.0 Å². The van der Waals surface area contributed by atoms with Gasteiger partial charge >= 0.3 is 0 Å². The summed E-state index contributed by atoms with van der Waals surface area (Å²) < 4.78 is 0. The Morgan fingerprint density at radius 3 is 2.53 bits per heavy atom. The zero-order valence-corrected chi connectivity index (χ0v) is 11.4. The number of benzene rings is 3. The number of hydrogen-bond donors (Lipinski definition) is 1. The molecule has 0 fully saturated rings. The Bertz CT molecular complexity index is 762. The predicted molar refractivity (Wildman–Crippen MR) is 83.5 cm³/mol. The standard InChI is InChI=1S/C17H14ClN/c1-11-6-7-12-4-2-3-5-14(12)17(11)13-8-9-16(19)15(18)10-13/h2-10H,19H2,1H3. The summed E-state index contributed by atoms with van der Waals surface area (Å²) in [5.41, 5.74) is 9.96. The van der Waals surface area contributed by atoms with Crippen LogP contribution in [0.2, 0.25) is 5.02 Å². The maximum Gasteiger partial charge on any atom is 0.0641 e. The molecule has 0 saturated carbocycles. The highest BCUT2D eigenvalue weighted by atomic mass is 35.5. The van der Waals surface area contributed by atoms with Crippen molar-refractivity contribution in [3.8, 4) is 11.1 Å². The first-order valence-electron chi connectivity index (χ1n) is 6.20. The second kappa shape index (κ2) is 4.60. The van der Waals surface area contributed by atoms with Crippen molar-refractivity contribution in [3.63, 3.8) is 0 Å². The highest BCUT2D eigenvalue weighted by molar-refractivity contribution is 6.33. The lowest BCUT2D eigenvalue weighted by Crippen LogP contribution is -1.89. The Balaban J connectivity index is 2.34. The smallest absolute Gasteiger partial charge is 0.0641 e. The van der Waals surface area contributed by atoms with Gasteiger partial charge in [-0.05, 0) is 46.5 Å². The van der Waals surface area contributed by atoms with E-state index in [1.165, 1.54) is 21.9 Å². The minimum absolute atomic E-state index is 0.602. The van der Waals surface area contributed by atoms with Gasteiger partial charge in [-0.15, -0.1) is 0 Å². The monoisotopic (exact) mass is 267 g/mol. The van der Waals surface area contributed by atoms with Gasteiger partial charge in [0.1, 0.15) is 0 Å².